The average Bonchev–Trinajstić information content (AvgIpc) is 3.28. The maximum absolute atomic E-state index is 13.1. The lowest BCUT2D eigenvalue weighted by atomic mass is 9.98. The van der Waals surface area contributed by atoms with E-state index in [4.69, 9.17) is 9.47 Å². The highest BCUT2D eigenvalue weighted by Crippen LogP contribution is 2.27. The number of benzene rings is 2. The molecule has 0 aromatic heterocycles. The summed E-state index contributed by atoms with van der Waals surface area (Å²) in [6.07, 6.45) is 0. The Hall–Kier alpha value is -2.61. The molecule has 1 heterocycles. The summed E-state index contributed by atoms with van der Waals surface area (Å²) in [6.45, 7) is 4.97. The van der Waals surface area contributed by atoms with Crippen LogP contribution in [0.25, 0.3) is 0 Å². The van der Waals surface area contributed by atoms with Crippen molar-refractivity contribution in [2.75, 3.05) is 47.4 Å². The van der Waals surface area contributed by atoms with Crippen LogP contribution in [0.15, 0.2) is 42.5 Å². The Labute approximate surface area is 178 Å². The molecule has 3 rings (SSSR count). The molecule has 0 radical (unpaired) electrons. The number of nitrogens with zero attached hydrogens (tertiary/aromatic N) is 1. The van der Waals surface area contributed by atoms with E-state index in [1.54, 1.807) is 7.11 Å². The number of nitrogens with one attached hydrogen (secondary N) is 3. The maximum atomic E-state index is 13.1. The quantitative estimate of drug-likeness (QED) is 0.587. The van der Waals surface area contributed by atoms with Crippen molar-refractivity contribution < 1.29 is 14.3 Å². The fraction of sp³-hybridized carbons (Fsp3) is 0.435. The third-order valence-corrected chi connectivity index (χ3v) is 5.28. The van der Waals surface area contributed by atoms with Gasteiger partial charge >= 0.3 is 0 Å². The van der Waals surface area contributed by atoms with Crippen molar-refractivity contribution in [1.82, 2.24) is 21.1 Å². The first-order valence-electron chi connectivity index (χ1n) is 10.3. The Balaban J connectivity index is 1.78. The van der Waals surface area contributed by atoms with Gasteiger partial charge in [-0.05, 0) is 56.4 Å². The molecule has 1 fully saturated rings. The molecule has 0 unspecified atom stereocenters. The molecule has 1 amide bonds. The molecule has 0 aliphatic carbocycles. The van der Waals surface area contributed by atoms with Crippen molar-refractivity contribution in [3.63, 3.8) is 0 Å². The number of amides is 1. The van der Waals surface area contributed by atoms with E-state index in [1.165, 1.54) is 0 Å². The zero-order valence-electron chi connectivity index (χ0n) is 18.2. The topological polar surface area (TPSA) is 74.9 Å². The molecule has 1 aliphatic rings. The van der Waals surface area contributed by atoms with Crippen LogP contribution in [0.4, 0.5) is 0 Å². The van der Waals surface area contributed by atoms with Crippen LogP contribution in [0.5, 0.6) is 11.5 Å². The summed E-state index contributed by atoms with van der Waals surface area (Å²) in [5.74, 6) is 1.59. The maximum Gasteiger partial charge on any atom is 0.255 e. The van der Waals surface area contributed by atoms with Crippen LogP contribution < -0.4 is 25.6 Å². The van der Waals surface area contributed by atoms with Crippen molar-refractivity contribution in [2.45, 2.75) is 18.9 Å². The van der Waals surface area contributed by atoms with E-state index >= 15 is 0 Å². The predicted octanol–water partition coefficient (Wildman–Crippen LogP) is 2.32. The van der Waals surface area contributed by atoms with E-state index in [2.05, 4.69) is 21.1 Å². The van der Waals surface area contributed by atoms with Crippen LogP contribution in [0.3, 0.4) is 0 Å². The van der Waals surface area contributed by atoms with Crippen molar-refractivity contribution in [2.24, 2.45) is 0 Å². The summed E-state index contributed by atoms with van der Waals surface area (Å²) in [5.41, 5.74) is 8.99. The van der Waals surface area contributed by atoms with E-state index in [-0.39, 0.29) is 11.9 Å². The van der Waals surface area contributed by atoms with Crippen LogP contribution in [0, 0.1) is 0 Å². The van der Waals surface area contributed by atoms with Crippen molar-refractivity contribution >= 4 is 5.91 Å². The van der Waals surface area contributed by atoms with Crippen LogP contribution in [0.1, 0.15) is 40.4 Å². The monoisotopic (exact) mass is 412 g/mol. The SMILES string of the molecule is COc1cccc([C@@H](C)NC(=O)c2ccc(C3CNNC3)cc2OCCN(C)C)c1. The first-order valence-corrected chi connectivity index (χ1v) is 10.3. The van der Waals surface area contributed by atoms with Gasteiger partial charge in [-0.25, -0.2) is 0 Å². The Bertz CT molecular complexity index is 850. The minimum absolute atomic E-state index is 0.153. The van der Waals surface area contributed by atoms with E-state index in [9.17, 15) is 4.79 Å². The normalized spacial score (nSPS) is 15.2. The van der Waals surface area contributed by atoms with Gasteiger partial charge < -0.3 is 19.7 Å². The van der Waals surface area contributed by atoms with Gasteiger partial charge in [-0.3, -0.25) is 15.6 Å². The number of likely N-dealkylation sites (N-methyl/N-ethyl adjacent to an activating group) is 1. The number of ether oxygens (including phenoxy) is 2. The second kappa shape index (κ2) is 10.4. The number of rotatable bonds is 9. The second-order valence-corrected chi connectivity index (χ2v) is 7.84. The van der Waals surface area contributed by atoms with E-state index in [0.717, 1.165) is 36.5 Å². The van der Waals surface area contributed by atoms with Crippen LogP contribution in [0.2, 0.25) is 0 Å². The fourth-order valence-electron chi connectivity index (χ4n) is 3.41. The Morgan fingerprint density at radius 3 is 2.67 bits per heavy atom. The zero-order chi connectivity index (χ0) is 21.5. The third-order valence-electron chi connectivity index (χ3n) is 5.28. The smallest absolute Gasteiger partial charge is 0.255 e. The number of methoxy groups -OCH3 is 1. The van der Waals surface area contributed by atoms with Crippen molar-refractivity contribution in [3.8, 4) is 11.5 Å². The van der Waals surface area contributed by atoms with Crippen molar-refractivity contribution in [3.05, 3.63) is 59.2 Å². The molecule has 0 saturated carbocycles. The number of hydrazine groups is 1. The summed E-state index contributed by atoms with van der Waals surface area (Å²) in [5, 5.41) is 3.08. The largest absolute Gasteiger partial charge is 0.497 e. The van der Waals surface area contributed by atoms with E-state index < -0.39 is 0 Å². The highest BCUT2D eigenvalue weighted by molar-refractivity contribution is 5.97. The standard InChI is InChI=1S/C23H32N4O3/c1-16(17-6-5-7-20(12-17)29-4)26-23(28)21-9-8-18(19-14-24-25-15-19)13-22(21)30-11-10-27(2)3/h5-9,12-13,16,19,24-25H,10-11,14-15H2,1-4H3,(H,26,28)/t16-/m1/s1. The number of hydrogen-bond donors (Lipinski definition) is 3. The van der Waals surface area contributed by atoms with Gasteiger partial charge in [-0.15, -0.1) is 0 Å². The summed E-state index contributed by atoms with van der Waals surface area (Å²) >= 11 is 0. The van der Waals surface area contributed by atoms with Gasteiger partial charge in [0.05, 0.1) is 18.7 Å². The lowest BCUT2D eigenvalue weighted by molar-refractivity contribution is 0.0935. The molecule has 2 aromatic rings. The lowest BCUT2D eigenvalue weighted by Gasteiger charge is -2.19. The minimum Gasteiger partial charge on any atom is -0.497 e. The number of carbonyl (C=O) groups is 1. The molecule has 7 heteroatoms. The van der Waals surface area contributed by atoms with Gasteiger partial charge in [0.1, 0.15) is 18.1 Å². The summed E-state index contributed by atoms with van der Waals surface area (Å²) in [6, 6.07) is 13.4. The molecule has 0 spiro atoms. The van der Waals surface area contributed by atoms with Gasteiger partial charge in [-0.2, -0.15) is 0 Å². The van der Waals surface area contributed by atoms with Gasteiger partial charge in [-0.1, -0.05) is 18.2 Å². The fourth-order valence-corrected chi connectivity index (χ4v) is 3.41. The molecule has 3 N–H and O–H groups in total. The van der Waals surface area contributed by atoms with Crippen LogP contribution in [-0.2, 0) is 0 Å². The predicted molar refractivity (Wildman–Crippen MR) is 118 cm³/mol. The molecule has 1 atom stereocenters. The first kappa shape index (κ1) is 22.1. The summed E-state index contributed by atoms with van der Waals surface area (Å²) < 4.78 is 11.3. The number of hydrogen-bond acceptors (Lipinski definition) is 6. The molecule has 162 valence electrons. The van der Waals surface area contributed by atoms with Crippen molar-refractivity contribution in [1.29, 1.82) is 0 Å². The minimum atomic E-state index is -0.162. The van der Waals surface area contributed by atoms with Gasteiger partial charge in [0.2, 0.25) is 0 Å². The third kappa shape index (κ3) is 5.72. The van der Waals surface area contributed by atoms with Crippen LogP contribution in [-0.4, -0.2) is 58.3 Å². The van der Waals surface area contributed by atoms with Crippen LogP contribution >= 0.6 is 0 Å². The Kier molecular flexibility index (Phi) is 7.68. The molecule has 0 bridgehead atoms. The van der Waals surface area contributed by atoms with Gasteiger partial charge in [0.15, 0.2) is 0 Å². The average molecular weight is 413 g/mol. The molecule has 30 heavy (non-hydrogen) atoms. The summed E-state index contributed by atoms with van der Waals surface area (Å²) in [7, 11) is 5.63. The highest BCUT2D eigenvalue weighted by atomic mass is 16.5. The molecule has 1 saturated heterocycles. The van der Waals surface area contributed by atoms with Gasteiger partial charge in [0.25, 0.3) is 5.91 Å². The Morgan fingerprint density at radius 2 is 1.97 bits per heavy atom. The zero-order valence-corrected chi connectivity index (χ0v) is 18.2. The summed E-state index contributed by atoms with van der Waals surface area (Å²) in [4.78, 5) is 15.1. The number of carbonyl (C=O) groups excluding carboxylic acids is 1. The Morgan fingerprint density at radius 1 is 1.20 bits per heavy atom. The molecule has 7 nitrogen and oxygen atoms in total. The van der Waals surface area contributed by atoms with E-state index in [0.29, 0.717) is 23.8 Å². The van der Waals surface area contributed by atoms with Gasteiger partial charge in [0, 0.05) is 25.6 Å². The molecule has 2 aromatic carbocycles. The molecule has 1 aliphatic heterocycles. The first-order chi connectivity index (χ1) is 14.5. The molecular formula is C23H32N4O3. The lowest BCUT2D eigenvalue weighted by Crippen LogP contribution is -2.28. The second-order valence-electron chi connectivity index (χ2n) is 7.84. The van der Waals surface area contributed by atoms with E-state index in [1.807, 2.05) is 63.5 Å². The highest BCUT2D eigenvalue weighted by Gasteiger charge is 2.21. The molecular weight excluding hydrogens is 380 g/mol.